The normalized spacial score (nSPS) is 17.3. The Bertz CT molecular complexity index is 1280. The van der Waals surface area contributed by atoms with Crippen LogP contribution in [0.1, 0.15) is 48.1 Å². The summed E-state index contributed by atoms with van der Waals surface area (Å²) < 4.78 is 28.0. The Morgan fingerprint density at radius 3 is 2.29 bits per heavy atom. The largest absolute Gasteiger partial charge is 0.336 e. The number of sulfonamides is 1. The molecule has 35 heavy (non-hydrogen) atoms. The highest BCUT2D eigenvalue weighted by atomic mass is 32.2. The molecule has 1 aliphatic rings. The van der Waals surface area contributed by atoms with Gasteiger partial charge in [-0.2, -0.15) is 4.31 Å². The lowest BCUT2D eigenvalue weighted by Gasteiger charge is -2.32. The molecule has 2 amide bonds. The lowest BCUT2D eigenvalue weighted by molar-refractivity contribution is -0.118. The van der Waals surface area contributed by atoms with E-state index in [4.69, 9.17) is 0 Å². The van der Waals surface area contributed by atoms with Crippen molar-refractivity contribution in [1.29, 1.82) is 0 Å². The lowest BCUT2D eigenvalue weighted by Crippen LogP contribution is -2.42. The molecule has 0 bridgehead atoms. The van der Waals surface area contributed by atoms with Gasteiger partial charge in [0.25, 0.3) is 11.8 Å². The lowest BCUT2D eigenvalue weighted by atomic mass is 10.1. The number of carbonyl (C=O) groups is 2. The monoisotopic (exact) mass is 491 g/mol. The summed E-state index contributed by atoms with van der Waals surface area (Å²) in [6.45, 7) is 2.37. The average Bonchev–Trinajstić information content (AvgIpc) is 2.88. The van der Waals surface area contributed by atoms with Gasteiger partial charge in [-0.3, -0.25) is 9.59 Å². The number of benzene rings is 3. The Morgan fingerprint density at radius 1 is 0.914 bits per heavy atom. The quantitative estimate of drug-likeness (QED) is 0.513. The first-order valence-electron chi connectivity index (χ1n) is 11.7. The van der Waals surface area contributed by atoms with Crippen molar-refractivity contribution in [2.45, 2.75) is 43.2 Å². The van der Waals surface area contributed by atoms with Gasteiger partial charge < -0.3 is 10.6 Å². The molecule has 2 N–H and O–H groups in total. The van der Waals surface area contributed by atoms with Gasteiger partial charge in [0.2, 0.25) is 10.0 Å². The van der Waals surface area contributed by atoms with Crippen LogP contribution in [0.5, 0.6) is 0 Å². The molecule has 3 aromatic carbocycles. The molecule has 2 unspecified atom stereocenters. The highest BCUT2D eigenvalue weighted by Crippen LogP contribution is 2.26. The van der Waals surface area contributed by atoms with Gasteiger partial charge in [-0.1, -0.05) is 61.0 Å². The van der Waals surface area contributed by atoms with Crippen molar-refractivity contribution in [3.63, 3.8) is 0 Å². The summed E-state index contributed by atoms with van der Waals surface area (Å²) in [6, 6.07) is 22.8. The van der Waals surface area contributed by atoms with E-state index in [1.807, 2.05) is 19.1 Å². The molecule has 1 saturated heterocycles. The molecule has 1 heterocycles. The van der Waals surface area contributed by atoms with Gasteiger partial charge in [0.15, 0.2) is 0 Å². The van der Waals surface area contributed by atoms with E-state index in [0.29, 0.717) is 17.8 Å². The Morgan fingerprint density at radius 2 is 1.60 bits per heavy atom. The predicted octanol–water partition coefficient (Wildman–Crippen LogP) is 4.36. The number of amides is 2. The van der Waals surface area contributed by atoms with Crippen molar-refractivity contribution >= 4 is 27.5 Å². The summed E-state index contributed by atoms with van der Waals surface area (Å²) in [7, 11) is -3.73. The topological polar surface area (TPSA) is 95.6 Å². The molecule has 182 valence electrons. The van der Waals surface area contributed by atoms with Crippen LogP contribution in [0.2, 0.25) is 0 Å². The van der Waals surface area contributed by atoms with Crippen LogP contribution in [0.15, 0.2) is 89.8 Å². The first-order valence-corrected chi connectivity index (χ1v) is 13.1. The van der Waals surface area contributed by atoms with Crippen molar-refractivity contribution in [3.05, 3.63) is 96.1 Å². The number of para-hydroxylation sites is 1. The smallest absolute Gasteiger partial charge is 0.252 e. The van der Waals surface area contributed by atoms with E-state index in [2.05, 4.69) is 10.6 Å². The zero-order valence-electron chi connectivity index (χ0n) is 19.6. The van der Waals surface area contributed by atoms with Crippen molar-refractivity contribution in [1.82, 2.24) is 9.62 Å². The number of rotatable bonds is 7. The van der Waals surface area contributed by atoms with E-state index in [9.17, 15) is 18.0 Å². The van der Waals surface area contributed by atoms with Gasteiger partial charge >= 0.3 is 0 Å². The number of anilines is 1. The average molecular weight is 492 g/mol. The molecule has 1 fully saturated rings. The fraction of sp³-hybridized carbons (Fsp3) is 0.259. The van der Waals surface area contributed by atoms with Gasteiger partial charge in [0, 0.05) is 23.8 Å². The highest BCUT2D eigenvalue weighted by molar-refractivity contribution is 7.89. The van der Waals surface area contributed by atoms with E-state index < -0.39 is 27.9 Å². The standard InChI is InChI=1S/C27H29N3O4S/c1-20-11-8-9-18-30(20)35(33,34)24-17-10-14-22(19-24)26(31)29-25(21-12-4-2-5-13-21)27(32)28-23-15-6-3-7-16-23/h2-7,10,12-17,19-20,25H,8-9,11,18H2,1H3,(H,28,32)(H,29,31). The molecule has 0 saturated carbocycles. The molecule has 0 spiro atoms. The fourth-order valence-electron chi connectivity index (χ4n) is 4.26. The number of hydrogen-bond donors (Lipinski definition) is 2. The maximum Gasteiger partial charge on any atom is 0.252 e. The van der Waals surface area contributed by atoms with Crippen LogP contribution < -0.4 is 10.6 Å². The van der Waals surface area contributed by atoms with Gasteiger partial charge in [-0.15, -0.1) is 0 Å². The first-order chi connectivity index (χ1) is 16.9. The van der Waals surface area contributed by atoms with Crippen molar-refractivity contribution in [3.8, 4) is 0 Å². The number of hydrogen-bond acceptors (Lipinski definition) is 4. The van der Waals surface area contributed by atoms with Crippen LogP contribution in [0.4, 0.5) is 5.69 Å². The third-order valence-corrected chi connectivity index (χ3v) is 8.17. The Kier molecular flexibility index (Phi) is 7.63. The Balaban J connectivity index is 1.58. The number of piperidine rings is 1. The zero-order chi connectivity index (χ0) is 24.8. The molecule has 0 radical (unpaired) electrons. The highest BCUT2D eigenvalue weighted by Gasteiger charge is 2.31. The minimum Gasteiger partial charge on any atom is -0.336 e. The van der Waals surface area contributed by atoms with Gasteiger partial charge in [0.05, 0.1) is 4.90 Å². The summed E-state index contributed by atoms with van der Waals surface area (Å²) in [5, 5.41) is 5.60. The van der Waals surface area contributed by atoms with Gasteiger partial charge in [-0.05, 0) is 55.7 Å². The predicted molar refractivity (Wildman–Crippen MR) is 135 cm³/mol. The van der Waals surface area contributed by atoms with Crippen molar-refractivity contribution in [2.24, 2.45) is 0 Å². The number of nitrogens with zero attached hydrogens (tertiary/aromatic N) is 1. The van der Waals surface area contributed by atoms with Gasteiger partial charge in [0.1, 0.15) is 6.04 Å². The summed E-state index contributed by atoms with van der Waals surface area (Å²) in [5.74, 6) is -0.938. The molecule has 0 aromatic heterocycles. The molecular formula is C27H29N3O4S. The third-order valence-electron chi connectivity index (χ3n) is 6.16. The second-order valence-corrected chi connectivity index (χ2v) is 10.6. The molecule has 0 aliphatic carbocycles. The molecule has 8 heteroatoms. The van der Waals surface area contributed by atoms with Crippen LogP contribution in [0, 0.1) is 0 Å². The van der Waals surface area contributed by atoms with Crippen molar-refractivity contribution in [2.75, 3.05) is 11.9 Å². The Hall–Kier alpha value is -3.49. The van der Waals surface area contributed by atoms with E-state index in [0.717, 1.165) is 19.3 Å². The van der Waals surface area contributed by atoms with Crippen LogP contribution in [0.3, 0.4) is 0 Å². The van der Waals surface area contributed by atoms with Gasteiger partial charge in [-0.25, -0.2) is 8.42 Å². The number of nitrogens with one attached hydrogen (secondary N) is 2. The number of carbonyl (C=O) groups excluding carboxylic acids is 2. The van der Waals surface area contributed by atoms with E-state index in [-0.39, 0.29) is 16.5 Å². The first kappa shape index (κ1) is 24.6. The van der Waals surface area contributed by atoms with E-state index in [1.165, 1.54) is 16.4 Å². The molecule has 2 atom stereocenters. The summed E-state index contributed by atoms with van der Waals surface area (Å²) in [6.07, 6.45) is 2.63. The molecule has 4 rings (SSSR count). The van der Waals surface area contributed by atoms with E-state index in [1.54, 1.807) is 60.7 Å². The molecule has 1 aliphatic heterocycles. The molecular weight excluding hydrogens is 462 g/mol. The summed E-state index contributed by atoms with van der Waals surface area (Å²) in [5.41, 5.74) is 1.39. The van der Waals surface area contributed by atoms with Crippen LogP contribution in [-0.2, 0) is 14.8 Å². The van der Waals surface area contributed by atoms with Crippen LogP contribution >= 0.6 is 0 Å². The summed E-state index contributed by atoms with van der Waals surface area (Å²) >= 11 is 0. The summed E-state index contributed by atoms with van der Waals surface area (Å²) in [4.78, 5) is 26.4. The van der Waals surface area contributed by atoms with Crippen LogP contribution in [0.25, 0.3) is 0 Å². The second-order valence-electron chi connectivity index (χ2n) is 8.66. The minimum absolute atomic E-state index is 0.0731. The molecule has 3 aromatic rings. The second kappa shape index (κ2) is 10.8. The molecule has 7 nitrogen and oxygen atoms in total. The maximum absolute atomic E-state index is 13.3. The SMILES string of the molecule is CC1CCCCN1S(=O)(=O)c1cccc(C(=O)NC(C(=O)Nc2ccccc2)c2ccccc2)c1. The Labute approximate surface area is 206 Å². The fourth-order valence-corrected chi connectivity index (χ4v) is 6.00. The van der Waals surface area contributed by atoms with Crippen molar-refractivity contribution < 1.29 is 18.0 Å². The third kappa shape index (κ3) is 5.78. The minimum atomic E-state index is -3.73. The maximum atomic E-state index is 13.3. The van der Waals surface area contributed by atoms with E-state index >= 15 is 0 Å². The zero-order valence-corrected chi connectivity index (χ0v) is 20.4. The van der Waals surface area contributed by atoms with Crippen LogP contribution in [-0.4, -0.2) is 37.1 Å².